The van der Waals surface area contributed by atoms with E-state index in [1.54, 1.807) is 0 Å². The predicted molar refractivity (Wildman–Crippen MR) is 121 cm³/mol. The Bertz CT molecular complexity index is 1420. The number of rotatable bonds is 1. The second-order valence-corrected chi connectivity index (χ2v) is 8.76. The van der Waals surface area contributed by atoms with Gasteiger partial charge in [-0.25, -0.2) is 0 Å². The van der Waals surface area contributed by atoms with Crippen LogP contribution in [0.5, 0.6) is 0 Å². The summed E-state index contributed by atoms with van der Waals surface area (Å²) in [6, 6.07) is 29.0. The largest absolute Gasteiger partial charge is 0.134 e. The van der Waals surface area contributed by atoms with Crippen LogP contribution in [0.2, 0.25) is 0 Å². The monoisotopic (exact) mass is 372 g/mol. The van der Waals surface area contributed by atoms with Crippen LogP contribution in [0.1, 0.15) is 5.56 Å². The van der Waals surface area contributed by atoms with E-state index >= 15 is 0 Å². The van der Waals surface area contributed by atoms with Crippen molar-refractivity contribution in [2.75, 3.05) is 0 Å². The summed E-state index contributed by atoms with van der Waals surface area (Å²) in [5.74, 6) is 0. The zero-order chi connectivity index (χ0) is 18.4. The highest BCUT2D eigenvalue weighted by molar-refractivity contribution is 7.20. The van der Waals surface area contributed by atoms with E-state index in [9.17, 15) is 0 Å². The molecule has 28 heavy (non-hydrogen) atoms. The molecule has 0 nitrogen and oxygen atoms in total. The summed E-state index contributed by atoms with van der Waals surface area (Å²) in [4.78, 5) is 2.83. The van der Waals surface area contributed by atoms with Gasteiger partial charge in [0.1, 0.15) is 0 Å². The van der Waals surface area contributed by atoms with E-state index in [2.05, 4.69) is 85.8 Å². The van der Waals surface area contributed by atoms with Gasteiger partial charge < -0.3 is 0 Å². The lowest BCUT2D eigenvalue weighted by molar-refractivity contribution is 1.53. The number of hydrogen-bond donors (Lipinski definition) is 0. The van der Waals surface area contributed by atoms with Gasteiger partial charge in [0.15, 0.2) is 0 Å². The molecule has 0 saturated carbocycles. The van der Waals surface area contributed by atoms with Crippen LogP contribution in [-0.4, -0.2) is 0 Å². The maximum absolute atomic E-state index is 2.35. The molecule has 0 radical (unpaired) electrons. The van der Waals surface area contributed by atoms with Crippen LogP contribution in [0, 0.1) is 6.92 Å². The van der Waals surface area contributed by atoms with Crippen molar-refractivity contribution in [3.05, 3.63) is 84.4 Å². The van der Waals surface area contributed by atoms with Crippen molar-refractivity contribution in [3.63, 3.8) is 0 Å². The second-order valence-electron chi connectivity index (χ2n) is 7.74. The molecule has 5 aromatic rings. The van der Waals surface area contributed by atoms with Crippen LogP contribution in [0.15, 0.2) is 78.9 Å². The quantitative estimate of drug-likeness (QED) is 0.272. The molecule has 1 heterocycles. The van der Waals surface area contributed by atoms with Gasteiger partial charge in [-0.15, -0.1) is 11.3 Å². The van der Waals surface area contributed by atoms with Gasteiger partial charge in [0.25, 0.3) is 0 Å². The molecule has 0 atom stereocenters. The molecule has 0 bridgehead atoms. The highest BCUT2D eigenvalue weighted by atomic mass is 32.1. The molecule has 0 saturated heterocycles. The van der Waals surface area contributed by atoms with Crippen LogP contribution >= 0.6 is 11.3 Å². The van der Waals surface area contributed by atoms with Crippen molar-refractivity contribution in [1.29, 1.82) is 0 Å². The SMILES string of the molecule is Cc1c(-c2ccccc2)sc2c1-c1ccc3c4c(ccc-2c14)-c1ccccc1-3. The molecule has 1 heteroatoms. The average molecular weight is 372 g/mol. The van der Waals surface area contributed by atoms with Crippen LogP contribution in [0.25, 0.3) is 65.0 Å². The van der Waals surface area contributed by atoms with Crippen LogP contribution in [0.3, 0.4) is 0 Å². The molecular formula is C27H16S. The molecule has 0 N–H and O–H groups in total. The molecule has 130 valence electrons. The lowest BCUT2D eigenvalue weighted by Gasteiger charge is -2.08. The predicted octanol–water partition coefficient (Wildman–Crippen LogP) is 8.17. The minimum Gasteiger partial charge on any atom is -0.134 e. The van der Waals surface area contributed by atoms with E-state index in [-0.39, 0.29) is 0 Å². The fourth-order valence-electron chi connectivity index (χ4n) is 5.19. The summed E-state index contributed by atoms with van der Waals surface area (Å²) in [5.41, 5.74) is 12.5. The topological polar surface area (TPSA) is 0 Å². The Morgan fingerprint density at radius 1 is 0.500 bits per heavy atom. The molecule has 7 rings (SSSR count). The summed E-state index contributed by atoms with van der Waals surface area (Å²) in [5, 5.41) is 2.90. The van der Waals surface area contributed by atoms with Gasteiger partial charge in [0.05, 0.1) is 0 Å². The standard InChI is InChI=1S/C27H16S/c1-15-23-21-13-11-19-17-9-5-6-10-18(17)20-12-14-22(25(21)24(19)20)27(23)28-26(15)16-7-3-2-4-8-16/h2-14H,1H3. The van der Waals surface area contributed by atoms with E-state index in [4.69, 9.17) is 0 Å². The van der Waals surface area contributed by atoms with Gasteiger partial charge in [0, 0.05) is 20.9 Å². The van der Waals surface area contributed by atoms with Crippen molar-refractivity contribution in [1.82, 2.24) is 0 Å². The Hall–Kier alpha value is -3.16. The lowest BCUT2D eigenvalue weighted by atomic mass is 9.96. The molecule has 1 aromatic heterocycles. The summed E-state index contributed by atoms with van der Waals surface area (Å²) in [6.07, 6.45) is 0. The van der Waals surface area contributed by atoms with Crippen LogP contribution in [-0.2, 0) is 0 Å². The summed E-state index contributed by atoms with van der Waals surface area (Å²) in [7, 11) is 0. The minimum atomic E-state index is 1.32. The van der Waals surface area contributed by atoms with Gasteiger partial charge >= 0.3 is 0 Å². The Morgan fingerprint density at radius 3 is 1.79 bits per heavy atom. The number of fused-ring (bicyclic) bond motifs is 6. The first kappa shape index (κ1) is 14.8. The molecule has 0 spiro atoms. The molecule has 0 fully saturated rings. The Balaban J connectivity index is 1.57. The van der Waals surface area contributed by atoms with Crippen molar-refractivity contribution < 1.29 is 0 Å². The maximum Gasteiger partial charge on any atom is 0.0437 e. The summed E-state index contributed by atoms with van der Waals surface area (Å²) >= 11 is 1.95. The van der Waals surface area contributed by atoms with E-state index in [1.165, 1.54) is 70.6 Å². The van der Waals surface area contributed by atoms with Crippen molar-refractivity contribution in [2.45, 2.75) is 6.92 Å². The van der Waals surface area contributed by atoms with Crippen molar-refractivity contribution >= 4 is 22.1 Å². The smallest absolute Gasteiger partial charge is 0.0437 e. The number of thiophene rings is 1. The highest BCUT2D eigenvalue weighted by Crippen LogP contribution is 2.59. The van der Waals surface area contributed by atoms with Gasteiger partial charge in [-0.05, 0) is 56.6 Å². The third-order valence-electron chi connectivity index (χ3n) is 6.36. The maximum atomic E-state index is 2.35. The Morgan fingerprint density at radius 2 is 1.07 bits per heavy atom. The summed E-state index contributed by atoms with van der Waals surface area (Å²) < 4.78 is 0. The number of benzene rings is 4. The van der Waals surface area contributed by atoms with E-state index in [0.29, 0.717) is 0 Å². The van der Waals surface area contributed by atoms with Gasteiger partial charge in [-0.3, -0.25) is 0 Å². The fourth-order valence-corrected chi connectivity index (χ4v) is 6.55. The molecule has 0 aliphatic heterocycles. The Labute approximate surface area is 167 Å². The molecule has 2 aliphatic carbocycles. The van der Waals surface area contributed by atoms with Gasteiger partial charge in [-0.1, -0.05) is 78.9 Å². The zero-order valence-corrected chi connectivity index (χ0v) is 16.2. The van der Waals surface area contributed by atoms with Crippen LogP contribution < -0.4 is 0 Å². The average Bonchev–Trinajstić information content (AvgIpc) is 3.36. The van der Waals surface area contributed by atoms with Gasteiger partial charge in [0.2, 0.25) is 0 Å². The summed E-state index contributed by atoms with van der Waals surface area (Å²) in [6.45, 7) is 2.29. The molecule has 0 amide bonds. The molecule has 0 unspecified atom stereocenters. The Kier molecular flexibility index (Phi) is 2.65. The van der Waals surface area contributed by atoms with Crippen LogP contribution in [0.4, 0.5) is 0 Å². The molecule has 4 aromatic carbocycles. The van der Waals surface area contributed by atoms with E-state index in [1.807, 2.05) is 11.3 Å². The first-order valence-electron chi connectivity index (χ1n) is 9.72. The molecule has 2 aliphatic rings. The second kappa shape index (κ2) is 5.01. The highest BCUT2D eigenvalue weighted by Gasteiger charge is 2.32. The lowest BCUT2D eigenvalue weighted by Crippen LogP contribution is -1.82. The van der Waals surface area contributed by atoms with Crippen molar-refractivity contribution in [3.8, 4) is 54.3 Å². The first-order chi connectivity index (χ1) is 13.8. The fraction of sp³-hybridized carbons (Fsp3) is 0.0370. The van der Waals surface area contributed by atoms with Crippen molar-refractivity contribution in [2.24, 2.45) is 0 Å². The van der Waals surface area contributed by atoms with E-state index < -0.39 is 0 Å². The normalized spacial score (nSPS) is 12.5. The third kappa shape index (κ3) is 1.63. The third-order valence-corrected chi connectivity index (χ3v) is 7.74. The van der Waals surface area contributed by atoms with Gasteiger partial charge in [-0.2, -0.15) is 0 Å². The zero-order valence-electron chi connectivity index (χ0n) is 15.4. The van der Waals surface area contributed by atoms with E-state index in [0.717, 1.165) is 0 Å². The minimum absolute atomic E-state index is 1.32. The number of hydrogen-bond acceptors (Lipinski definition) is 1. The molecular weight excluding hydrogens is 356 g/mol. The first-order valence-corrected chi connectivity index (χ1v) is 10.5.